The van der Waals surface area contributed by atoms with Gasteiger partial charge in [0.1, 0.15) is 5.75 Å². The van der Waals surface area contributed by atoms with Gasteiger partial charge in [0.15, 0.2) is 6.61 Å². The van der Waals surface area contributed by atoms with E-state index in [-0.39, 0.29) is 30.4 Å². The molecule has 2 aromatic carbocycles. The predicted octanol–water partition coefficient (Wildman–Crippen LogP) is 3.74. The maximum Gasteiger partial charge on any atom is 0.260 e. The van der Waals surface area contributed by atoms with Gasteiger partial charge >= 0.3 is 0 Å². The summed E-state index contributed by atoms with van der Waals surface area (Å²) in [4.78, 5) is 27.4. The Morgan fingerprint density at radius 3 is 2.43 bits per heavy atom. The number of likely N-dealkylation sites (tertiary alicyclic amines) is 1. The maximum absolute atomic E-state index is 13.1. The number of para-hydroxylation sites is 1. The van der Waals surface area contributed by atoms with Gasteiger partial charge in [-0.2, -0.15) is 5.10 Å². The molecule has 1 unspecified atom stereocenters. The van der Waals surface area contributed by atoms with Crippen LogP contribution in [0.25, 0.3) is 0 Å². The predicted molar refractivity (Wildman–Crippen MR) is 133 cm³/mol. The Bertz CT molecular complexity index is 1140. The van der Waals surface area contributed by atoms with E-state index in [4.69, 9.17) is 4.74 Å². The SMILES string of the molecule is O=C(NC1CCCc2c1cnn2Cc1ccccc1)C1CCN(C(=O)COc2ccccc2)CC1. The zero-order chi connectivity index (χ0) is 24.0. The topological polar surface area (TPSA) is 76.5 Å². The number of ether oxygens (including phenoxy) is 1. The Morgan fingerprint density at radius 1 is 0.971 bits per heavy atom. The average molecular weight is 473 g/mol. The molecule has 0 saturated carbocycles. The first-order valence-corrected chi connectivity index (χ1v) is 12.5. The number of rotatable bonds is 7. The van der Waals surface area contributed by atoms with Crippen molar-refractivity contribution in [1.82, 2.24) is 20.0 Å². The fourth-order valence-corrected chi connectivity index (χ4v) is 5.09. The van der Waals surface area contributed by atoms with Crippen LogP contribution < -0.4 is 10.1 Å². The number of hydrogen-bond donors (Lipinski definition) is 1. The standard InChI is InChI=1S/C28H32N4O3/c33-27(20-35-23-10-5-2-6-11-23)31-16-14-22(15-17-31)28(34)30-25-12-7-13-26-24(25)18-29-32(26)19-21-8-3-1-4-9-21/h1-6,8-11,18,22,25H,7,12-17,19-20H2,(H,30,34). The fourth-order valence-electron chi connectivity index (χ4n) is 5.09. The minimum absolute atomic E-state index is 0.00899. The van der Waals surface area contributed by atoms with Gasteiger partial charge in [-0.05, 0) is 49.8 Å². The Balaban J connectivity index is 1.13. The number of fused-ring (bicyclic) bond motifs is 1. The van der Waals surface area contributed by atoms with Crippen molar-refractivity contribution in [2.24, 2.45) is 5.92 Å². The monoisotopic (exact) mass is 472 g/mol. The van der Waals surface area contributed by atoms with Crippen molar-refractivity contribution < 1.29 is 14.3 Å². The lowest BCUT2D eigenvalue weighted by Crippen LogP contribution is -2.45. The highest BCUT2D eigenvalue weighted by Crippen LogP contribution is 2.31. The molecule has 2 aliphatic rings. The van der Waals surface area contributed by atoms with E-state index in [0.29, 0.717) is 31.7 Å². The molecule has 1 N–H and O–H groups in total. The molecule has 0 radical (unpaired) electrons. The van der Waals surface area contributed by atoms with Crippen molar-refractivity contribution in [3.63, 3.8) is 0 Å². The van der Waals surface area contributed by atoms with Crippen LogP contribution in [-0.4, -0.2) is 46.2 Å². The van der Waals surface area contributed by atoms with Crippen LogP contribution in [0, 0.1) is 5.92 Å². The highest BCUT2D eigenvalue weighted by atomic mass is 16.5. The summed E-state index contributed by atoms with van der Waals surface area (Å²) >= 11 is 0. The molecule has 1 fully saturated rings. The van der Waals surface area contributed by atoms with Crippen LogP contribution in [0.1, 0.15) is 48.5 Å². The Hall–Kier alpha value is -3.61. The third kappa shape index (κ3) is 5.56. The van der Waals surface area contributed by atoms with Gasteiger partial charge in [0.05, 0.1) is 18.8 Å². The molecule has 1 saturated heterocycles. The third-order valence-electron chi connectivity index (χ3n) is 7.08. The lowest BCUT2D eigenvalue weighted by atomic mass is 9.90. The first-order valence-electron chi connectivity index (χ1n) is 12.5. The summed E-state index contributed by atoms with van der Waals surface area (Å²) in [5, 5.41) is 7.93. The molecule has 35 heavy (non-hydrogen) atoms. The highest BCUT2D eigenvalue weighted by molar-refractivity contribution is 5.81. The largest absolute Gasteiger partial charge is 0.484 e. The van der Waals surface area contributed by atoms with Gasteiger partial charge in [-0.1, -0.05) is 48.5 Å². The molecular weight excluding hydrogens is 440 g/mol. The van der Waals surface area contributed by atoms with Gasteiger partial charge in [-0.3, -0.25) is 14.3 Å². The minimum atomic E-state index is -0.0705. The smallest absolute Gasteiger partial charge is 0.260 e. The van der Waals surface area contributed by atoms with Crippen LogP contribution in [0.5, 0.6) is 5.75 Å². The van der Waals surface area contributed by atoms with Crippen LogP contribution >= 0.6 is 0 Å². The van der Waals surface area contributed by atoms with E-state index in [1.807, 2.05) is 54.7 Å². The van der Waals surface area contributed by atoms with E-state index in [0.717, 1.165) is 31.4 Å². The molecule has 1 aliphatic carbocycles. The van der Waals surface area contributed by atoms with E-state index < -0.39 is 0 Å². The quantitative estimate of drug-likeness (QED) is 0.568. The number of carbonyl (C=O) groups is 2. The number of carbonyl (C=O) groups excluding carboxylic acids is 2. The molecule has 2 amide bonds. The van der Waals surface area contributed by atoms with Gasteiger partial charge < -0.3 is 15.0 Å². The second kappa shape index (κ2) is 10.8. The molecule has 3 aromatic rings. The molecule has 2 heterocycles. The summed E-state index contributed by atoms with van der Waals surface area (Å²) in [5.74, 6) is 0.676. The van der Waals surface area contributed by atoms with E-state index in [9.17, 15) is 9.59 Å². The Kier molecular flexibility index (Phi) is 7.12. The number of piperidine rings is 1. The summed E-state index contributed by atoms with van der Waals surface area (Å²) < 4.78 is 7.66. The third-order valence-corrected chi connectivity index (χ3v) is 7.08. The molecular formula is C28H32N4O3. The van der Waals surface area contributed by atoms with Crippen molar-refractivity contribution in [1.29, 1.82) is 0 Å². The molecule has 0 bridgehead atoms. The Morgan fingerprint density at radius 2 is 1.69 bits per heavy atom. The van der Waals surface area contributed by atoms with Crippen LogP contribution in [0.2, 0.25) is 0 Å². The molecule has 1 aromatic heterocycles. The van der Waals surface area contributed by atoms with Gasteiger partial charge in [0, 0.05) is 30.3 Å². The number of nitrogens with zero attached hydrogens (tertiary/aromatic N) is 3. The summed E-state index contributed by atoms with van der Waals surface area (Å²) in [6, 6.07) is 19.7. The fraction of sp³-hybridized carbons (Fsp3) is 0.393. The summed E-state index contributed by atoms with van der Waals surface area (Å²) in [7, 11) is 0. The molecule has 182 valence electrons. The van der Waals surface area contributed by atoms with Crippen molar-refractivity contribution in [2.45, 2.75) is 44.7 Å². The highest BCUT2D eigenvalue weighted by Gasteiger charge is 2.31. The van der Waals surface area contributed by atoms with Gasteiger partial charge in [-0.15, -0.1) is 0 Å². The number of benzene rings is 2. The van der Waals surface area contributed by atoms with E-state index in [1.165, 1.54) is 11.3 Å². The zero-order valence-corrected chi connectivity index (χ0v) is 19.9. The van der Waals surface area contributed by atoms with Gasteiger partial charge in [-0.25, -0.2) is 0 Å². The average Bonchev–Trinajstić information content (AvgIpc) is 3.32. The molecule has 1 aliphatic heterocycles. The zero-order valence-electron chi connectivity index (χ0n) is 19.9. The van der Waals surface area contributed by atoms with Crippen molar-refractivity contribution in [2.75, 3.05) is 19.7 Å². The lowest BCUT2D eigenvalue weighted by molar-refractivity contribution is -0.137. The second-order valence-electron chi connectivity index (χ2n) is 9.40. The van der Waals surface area contributed by atoms with Crippen molar-refractivity contribution in [3.05, 3.63) is 83.7 Å². The minimum Gasteiger partial charge on any atom is -0.484 e. The van der Waals surface area contributed by atoms with Crippen molar-refractivity contribution in [3.8, 4) is 5.75 Å². The summed E-state index contributed by atoms with van der Waals surface area (Å²) in [6.45, 7) is 1.94. The van der Waals surface area contributed by atoms with Gasteiger partial charge in [0.25, 0.3) is 5.91 Å². The molecule has 5 rings (SSSR count). The number of hydrogen-bond acceptors (Lipinski definition) is 4. The number of amides is 2. The normalized spacial score (nSPS) is 18.1. The first kappa shape index (κ1) is 23.1. The molecule has 7 nitrogen and oxygen atoms in total. The van der Waals surface area contributed by atoms with Crippen LogP contribution in [0.4, 0.5) is 0 Å². The van der Waals surface area contributed by atoms with Crippen LogP contribution in [0.3, 0.4) is 0 Å². The van der Waals surface area contributed by atoms with E-state index in [1.54, 1.807) is 4.90 Å². The van der Waals surface area contributed by atoms with E-state index >= 15 is 0 Å². The summed E-state index contributed by atoms with van der Waals surface area (Å²) in [6.07, 6.45) is 6.23. The van der Waals surface area contributed by atoms with Gasteiger partial charge in [0.2, 0.25) is 5.91 Å². The molecule has 1 atom stereocenters. The second-order valence-corrected chi connectivity index (χ2v) is 9.40. The van der Waals surface area contributed by atoms with Crippen LogP contribution in [-0.2, 0) is 22.6 Å². The molecule has 7 heteroatoms. The maximum atomic E-state index is 13.1. The van der Waals surface area contributed by atoms with Crippen molar-refractivity contribution >= 4 is 11.8 Å². The Labute approximate surface area is 206 Å². The van der Waals surface area contributed by atoms with E-state index in [2.05, 4.69) is 27.2 Å². The summed E-state index contributed by atoms with van der Waals surface area (Å²) in [5.41, 5.74) is 3.59. The number of nitrogens with one attached hydrogen (secondary N) is 1. The number of aromatic nitrogens is 2. The lowest BCUT2D eigenvalue weighted by Gasteiger charge is -2.32. The molecule has 0 spiro atoms. The van der Waals surface area contributed by atoms with Crippen LogP contribution in [0.15, 0.2) is 66.9 Å². The first-order chi connectivity index (χ1) is 17.2.